The predicted octanol–water partition coefficient (Wildman–Crippen LogP) is -4.90. The van der Waals surface area contributed by atoms with E-state index in [0.717, 1.165) is 30.6 Å². The van der Waals surface area contributed by atoms with Crippen molar-refractivity contribution >= 4 is 59.1 Å². The number of nitrogens with two attached hydrogens (primary N) is 2. The number of rotatable bonds is 21. The zero-order chi connectivity index (χ0) is 32.0. The number of carboxylic acids is 2. The zero-order valence-electron chi connectivity index (χ0n) is 22.9. The molecule has 0 saturated heterocycles. The number of aliphatic carboxylic acids is 2. The number of thioether (sulfide) groups is 2. The lowest BCUT2D eigenvalue weighted by Crippen LogP contribution is -2.47. The molecule has 0 spiro atoms. The van der Waals surface area contributed by atoms with E-state index in [4.69, 9.17) is 26.8 Å². The minimum absolute atomic E-state index is 0.00726. The molecule has 17 nitrogen and oxygen atoms in total. The molecule has 0 bridgehead atoms. The molecule has 0 radical (unpaired) electrons. The number of hydrogen-bond acceptors (Lipinski definition) is 13. The first-order chi connectivity index (χ1) is 19.3. The van der Waals surface area contributed by atoms with Gasteiger partial charge < -0.3 is 58.3 Å². The maximum absolute atomic E-state index is 12.1. The molecule has 238 valence electrons. The summed E-state index contributed by atoms with van der Waals surface area (Å²) in [4.78, 5) is 68.7. The Morgan fingerprint density at radius 1 is 0.683 bits per heavy atom. The van der Waals surface area contributed by atoms with Crippen LogP contribution in [0.1, 0.15) is 13.3 Å². The van der Waals surface area contributed by atoms with E-state index in [1.54, 1.807) is 0 Å². The Bertz CT molecular complexity index is 840. The summed E-state index contributed by atoms with van der Waals surface area (Å²) < 4.78 is 0. The molecule has 0 rings (SSSR count). The van der Waals surface area contributed by atoms with Crippen LogP contribution in [0.2, 0.25) is 0 Å². The average Bonchev–Trinajstić information content (AvgIpc) is 2.93. The summed E-state index contributed by atoms with van der Waals surface area (Å²) in [5.41, 5.74) is 10.7. The molecule has 4 amide bonds. The highest BCUT2D eigenvalue weighted by Crippen LogP contribution is 2.12. The second-order valence-electron chi connectivity index (χ2n) is 8.38. The topological polar surface area (TPSA) is 304 Å². The van der Waals surface area contributed by atoms with Crippen LogP contribution in [0.5, 0.6) is 0 Å². The van der Waals surface area contributed by atoms with Crippen LogP contribution in [0, 0.1) is 5.92 Å². The van der Waals surface area contributed by atoms with Gasteiger partial charge in [0.2, 0.25) is 17.7 Å². The minimum Gasteiger partial charge on any atom is -0.480 e. The Morgan fingerprint density at radius 2 is 1.05 bits per heavy atom. The molecule has 0 aromatic carbocycles. The molecular weight excluding hydrogens is 588 g/mol. The monoisotopic (exact) mass is 630 g/mol. The molecule has 0 aliphatic rings. The first-order valence-electron chi connectivity index (χ1n) is 12.3. The maximum atomic E-state index is 12.1. The van der Waals surface area contributed by atoms with Gasteiger partial charge in [0.1, 0.15) is 12.1 Å². The Morgan fingerprint density at radius 3 is 1.44 bits per heavy atom. The summed E-state index contributed by atoms with van der Waals surface area (Å²) in [6.45, 7) is 1.66. The van der Waals surface area contributed by atoms with Crippen LogP contribution in [0.3, 0.4) is 0 Å². The third kappa shape index (κ3) is 20.8. The molecule has 5 atom stereocenters. The first-order valence-corrected chi connectivity index (χ1v) is 14.6. The Balaban J connectivity index is 0. The summed E-state index contributed by atoms with van der Waals surface area (Å²) >= 11 is 2.10. The lowest BCUT2D eigenvalue weighted by molar-refractivity contribution is -0.139. The highest BCUT2D eigenvalue weighted by Gasteiger charge is 2.30. The highest BCUT2D eigenvalue weighted by atomic mass is 32.2. The molecule has 0 aromatic heterocycles. The van der Waals surface area contributed by atoms with Crippen molar-refractivity contribution in [1.29, 1.82) is 0 Å². The van der Waals surface area contributed by atoms with Gasteiger partial charge in [0, 0.05) is 51.2 Å². The third-order valence-electron chi connectivity index (χ3n) is 4.89. The largest absolute Gasteiger partial charge is 0.480 e. The van der Waals surface area contributed by atoms with E-state index >= 15 is 0 Å². The molecule has 4 unspecified atom stereocenters. The van der Waals surface area contributed by atoms with Gasteiger partial charge in [0.15, 0.2) is 6.10 Å². The van der Waals surface area contributed by atoms with E-state index < -0.39 is 59.9 Å². The van der Waals surface area contributed by atoms with Crippen molar-refractivity contribution in [3.63, 3.8) is 0 Å². The van der Waals surface area contributed by atoms with Crippen LogP contribution in [0.4, 0.5) is 0 Å². The lowest BCUT2D eigenvalue weighted by atomic mass is 9.95. The quantitative estimate of drug-likeness (QED) is 0.0530. The summed E-state index contributed by atoms with van der Waals surface area (Å²) in [6.07, 6.45) is -3.57. The van der Waals surface area contributed by atoms with Gasteiger partial charge in [0.05, 0.1) is 17.6 Å². The molecular formula is C22H42N6O11S2. The van der Waals surface area contributed by atoms with Crippen LogP contribution in [0.15, 0.2) is 0 Å². The minimum atomic E-state index is -1.82. The summed E-state index contributed by atoms with van der Waals surface area (Å²) in [5.74, 6) is -5.12. The standard InChI is InChI=1S/C21H38N6O10S2.CH4O/c1-11(6-14(28)24-2-3-25-15(29)9-38-7-12(22)20(34)35)17(31)18(32)19(33)27-5-4-26-16(30)10-39-8-13(23)21(36)37;1-2/h11-13,17-18,31-32H,2-10,22-23H2,1H3,(H,24,28)(H,25,29)(H,26,30)(H,27,33)(H,34,35)(H,36,37);2H,1H3/t11?,12?,13?,17?,18-;/m0./s1. The van der Waals surface area contributed by atoms with Gasteiger partial charge >= 0.3 is 11.9 Å². The van der Waals surface area contributed by atoms with Gasteiger partial charge in [-0.2, -0.15) is 0 Å². The first kappa shape index (κ1) is 40.5. The average molecular weight is 631 g/mol. The Kier molecular flexibility index (Phi) is 23.7. The molecule has 0 aliphatic carbocycles. The molecule has 19 heteroatoms. The van der Waals surface area contributed by atoms with Crippen LogP contribution < -0.4 is 32.7 Å². The van der Waals surface area contributed by atoms with Gasteiger partial charge in [-0.15, -0.1) is 23.5 Å². The van der Waals surface area contributed by atoms with E-state index in [2.05, 4.69) is 21.3 Å². The van der Waals surface area contributed by atoms with E-state index in [1.807, 2.05) is 0 Å². The summed E-state index contributed by atoms with van der Waals surface area (Å²) in [6, 6.07) is -2.14. The van der Waals surface area contributed by atoms with Crippen molar-refractivity contribution < 1.29 is 54.3 Å². The molecule has 0 fully saturated rings. The fraction of sp³-hybridized carbons (Fsp3) is 0.727. The van der Waals surface area contributed by atoms with E-state index in [0.29, 0.717) is 0 Å². The summed E-state index contributed by atoms with van der Waals surface area (Å²) in [5, 5.41) is 54.5. The highest BCUT2D eigenvalue weighted by molar-refractivity contribution is 8.00. The van der Waals surface area contributed by atoms with Crippen molar-refractivity contribution in [3.05, 3.63) is 0 Å². The molecule has 41 heavy (non-hydrogen) atoms. The van der Waals surface area contributed by atoms with Gasteiger partial charge in [-0.1, -0.05) is 6.92 Å². The van der Waals surface area contributed by atoms with Crippen LogP contribution in [-0.2, 0) is 28.8 Å². The van der Waals surface area contributed by atoms with Gasteiger partial charge in [0.25, 0.3) is 5.91 Å². The molecule has 0 aromatic rings. The van der Waals surface area contributed by atoms with E-state index in [-0.39, 0.29) is 61.5 Å². The zero-order valence-corrected chi connectivity index (χ0v) is 24.5. The molecule has 0 aliphatic heterocycles. The number of amides is 4. The van der Waals surface area contributed by atoms with Crippen molar-refractivity contribution in [1.82, 2.24) is 21.3 Å². The summed E-state index contributed by atoms with van der Waals surface area (Å²) in [7, 11) is 1.00. The number of carbonyl (C=O) groups excluding carboxylic acids is 4. The van der Waals surface area contributed by atoms with Crippen molar-refractivity contribution in [3.8, 4) is 0 Å². The molecule has 0 saturated carbocycles. The predicted molar refractivity (Wildman–Crippen MR) is 152 cm³/mol. The number of hydrogen-bond donors (Lipinski definition) is 11. The number of nitrogens with one attached hydrogen (secondary N) is 4. The smallest absolute Gasteiger partial charge is 0.321 e. The number of aliphatic hydroxyl groups is 3. The number of carbonyl (C=O) groups is 6. The lowest BCUT2D eigenvalue weighted by Gasteiger charge is -2.23. The second kappa shape index (κ2) is 24.0. The fourth-order valence-electron chi connectivity index (χ4n) is 2.65. The normalized spacial score (nSPS) is 14.1. The fourth-order valence-corrected chi connectivity index (χ4v) is 4.25. The Labute approximate surface area is 245 Å². The van der Waals surface area contributed by atoms with Gasteiger partial charge in [-0.05, 0) is 5.92 Å². The van der Waals surface area contributed by atoms with Gasteiger partial charge in [-0.3, -0.25) is 28.8 Å². The maximum Gasteiger partial charge on any atom is 0.321 e. The number of carboxylic acid groups (broad SMARTS) is 2. The second-order valence-corrected chi connectivity index (χ2v) is 10.4. The van der Waals surface area contributed by atoms with Crippen LogP contribution in [-0.4, -0.2) is 142 Å². The molecule has 13 N–H and O–H groups in total. The molecule has 0 heterocycles. The van der Waals surface area contributed by atoms with Crippen molar-refractivity contribution in [2.45, 2.75) is 37.6 Å². The third-order valence-corrected chi connectivity index (χ3v) is 7.02. The van der Waals surface area contributed by atoms with E-state index in [1.165, 1.54) is 6.92 Å². The van der Waals surface area contributed by atoms with Gasteiger partial charge in [-0.25, -0.2) is 0 Å². The van der Waals surface area contributed by atoms with Crippen molar-refractivity contribution in [2.75, 3.05) is 56.3 Å². The SMILES string of the molecule is CC(CC(=O)NCCNC(=O)CSCC(N)C(=O)O)C(O)[C@H](O)C(=O)NCCNC(=O)CSCC(N)C(=O)O.CO. The Hall–Kier alpha value is -2.68. The van der Waals surface area contributed by atoms with E-state index in [9.17, 15) is 39.0 Å². The van der Waals surface area contributed by atoms with Crippen molar-refractivity contribution in [2.24, 2.45) is 17.4 Å². The van der Waals surface area contributed by atoms with Crippen LogP contribution >= 0.6 is 23.5 Å². The number of aliphatic hydroxyl groups excluding tert-OH is 3. The van der Waals surface area contributed by atoms with Crippen LogP contribution in [0.25, 0.3) is 0 Å².